The van der Waals surface area contributed by atoms with Gasteiger partial charge in [-0.15, -0.1) is 0 Å². The van der Waals surface area contributed by atoms with Gasteiger partial charge in [0.05, 0.1) is 11.6 Å². The zero-order valence-electron chi connectivity index (χ0n) is 12.1. The number of aryl methyl sites for hydroxylation is 2. The van der Waals surface area contributed by atoms with Crippen LogP contribution in [0.4, 0.5) is 0 Å². The molecule has 116 valence electrons. The molecule has 0 atom stereocenters. The summed E-state index contributed by atoms with van der Waals surface area (Å²) in [6.07, 6.45) is 4.94. The van der Waals surface area contributed by atoms with E-state index in [1.54, 1.807) is 41.3 Å². The Kier molecular flexibility index (Phi) is 5.11. The van der Waals surface area contributed by atoms with E-state index in [-0.39, 0.29) is 6.42 Å². The number of aromatic nitrogens is 2. The van der Waals surface area contributed by atoms with Crippen LogP contribution in [0.15, 0.2) is 48.1 Å². The second kappa shape index (κ2) is 7.04. The zero-order valence-corrected chi connectivity index (χ0v) is 13.0. The summed E-state index contributed by atoms with van der Waals surface area (Å²) in [5.74, 6) is -0.564. The number of nitrogens with one attached hydrogen (secondary N) is 1. The number of rotatable bonds is 6. The monoisotopic (exact) mass is 319 g/mol. The van der Waals surface area contributed by atoms with E-state index < -0.39 is 15.9 Å². The van der Waals surface area contributed by atoms with Crippen molar-refractivity contribution in [3.8, 4) is 0 Å². The third-order valence-electron chi connectivity index (χ3n) is 2.83. The van der Waals surface area contributed by atoms with Crippen LogP contribution < -0.4 is 4.72 Å². The molecular weight excluding hydrogens is 302 g/mol. The quantitative estimate of drug-likeness (QED) is 0.878. The number of benzene rings is 1. The molecule has 1 aromatic carbocycles. The molecule has 0 saturated heterocycles. The standard InChI is InChI=1S/C15H17N3O3S/c1-13-11-16-18(12-13)9-7-15(19)17-22(20,21)10-8-14-5-3-2-4-6-14/h2-6,8,10-12H,7,9H2,1H3,(H,17,19)/b10-8+. The van der Waals surface area contributed by atoms with Crippen LogP contribution in [0.2, 0.25) is 0 Å². The van der Waals surface area contributed by atoms with Gasteiger partial charge in [-0.3, -0.25) is 9.48 Å². The first-order valence-corrected chi connectivity index (χ1v) is 8.27. The molecule has 0 aliphatic carbocycles. The van der Waals surface area contributed by atoms with Crippen LogP contribution in [-0.2, 0) is 21.4 Å². The van der Waals surface area contributed by atoms with Gasteiger partial charge >= 0.3 is 0 Å². The number of hydrogen-bond donors (Lipinski definition) is 1. The van der Waals surface area contributed by atoms with Crippen LogP contribution in [0.3, 0.4) is 0 Å². The van der Waals surface area contributed by atoms with Crippen molar-refractivity contribution in [2.24, 2.45) is 0 Å². The smallest absolute Gasteiger partial charge is 0.257 e. The molecule has 7 heteroatoms. The topological polar surface area (TPSA) is 81.1 Å². The molecule has 22 heavy (non-hydrogen) atoms. The lowest BCUT2D eigenvalue weighted by Gasteiger charge is -2.03. The van der Waals surface area contributed by atoms with Crippen molar-refractivity contribution in [2.75, 3.05) is 0 Å². The molecule has 1 N–H and O–H groups in total. The molecule has 2 aromatic rings. The molecule has 0 radical (unpaired) electrons. The lowest BCUT2D eigenvalue weighted by Crippen LogP contribution is -2.29. The molecule has 0 aliphatic heterocycles. The van der Waals surface area contributed by atoms with Crippen LogP contribution in [0.25, 0.3) is 6.08 Å². The fourth-order valence-electron chi connectivity index (χ4n) is 1.78. The number of carbonyl (C=O) groups is 1. The van der Waals surface area contributed by atoms with Crippen LogP contribution in [0, 0.1) is 6.92 Å². The van der Waals surface area contributed by atoms with Gasteiger partial charge in [-0.1, -0.05) is 30.3 Å². The summed E-state index contributed by atoms with van der Waals surface area (Å²) >= 11 is 0. The zero-order chi connectivity index (χ0) is 16.0. The van der Waals surface area contributed by atoms with E-state index >= 15 is 0 Å². The fraction of sp³-hybridized carbons (Fsp3) is 0.200. The summed E-state index contributed by atoms with van der Waals surface area (Å²) in [6, 6.07) is 8.99. The highest BCUT2D eigenvalue weighted by Crippen LogP contribution is 2.03. The molecule has 1 amide bonds. The van der Waals surface area contributed by atoms with Gasteiger partial charge in [0.15, 0.2) is 0 Å². The fourth-order valence-corrected chi connectivity index (χ4v) is 2.61. The van der Waals surface area contributed by atoms with Crippen LogP contribution in [-0.4, -0.2) is 24.1 Å². The molecular formula is C15H17N3O3S. The van der Waals surface area contributed by atoms with Crippen LogP contribution >= 0.6 is 0 Å². The summed E-state index contributed by atoms with van der Waals surface area (Å²) in [6.45, 7) is 2.22. The maximum Gasteiger partial charge on any atom is 0.257 e. The van der Waals surface area contributed by atoms with Crippen molar-refractivity contribution in [3.63, 3.8) is 0 Å². The van der Waals surface area contributed by atoms with Crippen molar-refractivity contribution < 1.29 is 13.2 Å². The summed E-state index contributed by atoms with van der Waals surface area (Å²) in [7, 11) is -3.79. The second-order valence-electron chi connectivity index (χ2n) is 4.81. The van der Waals surface area contributed by atoms with E-state index in [0.717, 1.165) is 16.5 Å². The average molecular weight is 319 g/mol. The lowest BCUT2D eigenvalue weighted by molar-refractivity contribution is -0.119. The van der Waals surface area contributed by atoms with Gasteiger partial charge in [0, 0.05) is 19.2 Å². The maximum atomic E-state index is 11.8. The Balaban J connectivity index is 1.88. The maximum absolute atomic E-state index is 11.8. The first-order valence-electron chi connectivity index (χ1n) is 6.72. The minimum Gasteiger partial charge on any atom is -0.274 e. The highest BCUT2D eigenvalue weighted by atomic mass is 32.2. The predicted molar refractivity (Wildman–Crippen MR) is 84.1 cm³/mol. The summed E-state index contributed by atoms with van der Waals surface area (Å²) in [5.41, 5.74) is 1.73. The van der Waals surface area contributed by atoms with Gasteiger partial charge in [0.25, 0.3) is 10.0 Å². The minimum absolute atomic E-state index is 0.0412. The van der Waals surface area contributed by atoms with Crippen LogP contribution in [0.5, 0.6) is 0 Å². The van der Waals surface area contributed by atoms with Gasteiger partial charge < -0.3 is 0 Å². The van der Waals surface area contributed by atoms with Gasteiger partial charge in [-0.2, -0.15) is 5.10 Å². The summed E-state index contributed by atoms with van der Waals surface area (Å²) < 4.78 is 27.2. The Morgan fingerprint density at radius 1 is 1.32 bits per heavy atom. The third-order valence-corrected chi connectivity index (χ3v) is 3.83. The number of sulfonamides is 1. The number of carbonyl (C=O) groups excluding carboxylic acids is 1. The Morgan fingerprint density at radius 3 is 2.68 bits per heavy atom. The van der Waals surface area contributed by atoms with E-state index in [2.05, 4.69) is 5.10 Å². The molecule has 1 aromatic heterocycles. The SMILES string of the molecule is Cc1cnn(CCC(=O)NS(=O)(=O)/C=C/c2ccccc2)c1. The third kappa shape index (κ3) is 5.17. The molecule has 1 heterocycles. The van der Waals surface area contributed by atoms with E-state index in [4.69, 9.17) is 0 Å². The Morgan fingerprint density at radius 2 is 2.05 bits per heavy atom. The van der Waals surface area contributed by atoms with Gasteiger partial charge in [0.2, 0.25) is 5.91 Å². The largest absolute Gasteiger partial charge is 0.274 e. The molecule has 0 unspecified atom stereocenters. The van der Waals surface area contributed by atoms with Crippen molar-refractivity contribution in [1.29, 1.82) is 0 Å². The number of hydrogen-bond acceptors (Lipinski definition) is 4. The van der Waals surface area contributed by atoms with Crippen molar-refractivity contribution in [3.05, 3.63) is 59.3 Å². The van der Waals surface area contributed by atoms with E-state index in [1.165, 1.54) is 6.08 Å². The van der Waals surface area contributed by atoms with Crippen molar-refractivity contribution in [2.45, 2.75) is 19.9 Å². The minimum atomic E-state index is -3.79. The van der Waals surface area contributed by atoms with E-state index in [9.17, 15) is 13.2 Å². The van der Waals surface area contributed by atoms with Crippen molar-refractivity contribution in [1.82, 2.24) is 14.5 Å². The highest BCUT2D eigenvalue weighted by molar-refractivity contribution is 7.93. The molecule has 0 bridgehead atoms. The first kappa shape index (κ1) is 16.0. The van der Waals surface area contributed by atoms with Gasteiger partial charge in [-0.25, -0.2) is 13.1 Å². The predicted octanol–water partition coefficient (Wildman–Crippen LogP) is 1.70. The second-order valence-corrected chi connectivity index (χ2v) is 6.38. The van der Waals surface area contributed by atoms with E-state index in [0.29, 0.717) is 6.54 Å². The molecule has 0 saturated carbocycles. The number of amides is 1. The Labute approximate surface area is 129 Å². The van der Waals surface area contributed by atoms with Crippen molar-refractivity contribution >= 4 is 22.0 Å². The Bertz CT molecular complexity index is 764. The van der Waals surface area contributed by atoms with Crippen LogP contribution in [0.1, 0.15) is 17.5 Å². The summed E-state index contributed by atoms with van der Waals surface area (Å²) in [5, 5.41) is 5.02. The average Bonchev–Trinajstić information content (AvgIpc) is 2.90. The molecule has 0 fully saturated rings. The molecule has 0 aliphatic rings. The lowest BCUT2D eigenvalue weighted by atomic mass is 10.2. The Hall–Kier alpha value is -2.41. The number of nitrogens with zero attached hydrogens (tertiary/aromatic N) is 2. The van der Waals surface area contributed by atoms with E-state index in [1.807, 2.05) is 17.7 Å². The summed E-state index contributed by atoms with van der Waals surface area (Å²) in [4.78, 5) is 11.7. The normalized spacial score (nSPS) is 11.7. The highest BCUT2D eigenvalue weighted by Gasteiger charge is 2.11. The molecule has 2 rings (SSSR count). The molecule has 6 nitrogen and oxygen atoms in total. The first-order chi connectivity index (χ1) is 10.4. The van der Waals surface area contributed by atoms with Gasteiger partial charge in [0.1, 0.15) is 0 Å². The molecule has 0 spiro atoms. The van der Waals surface area contributed by atoms with Gasteiger partial charge in [-0.05, 0) is 24.1 Å².